The molecule has 1 heterocycles. The van der Waals surface area contributed by atoms with Crippen molar-refractivity contribution in [1.82, 2.24) is 10.6 Å². The van der Waals surface area contributed by atoms with Gasteiger partial charge in [0.2, 0.25) is 0 Å². The van der Waals surface area contributed by atoms with E-state index in [-0.39, 0.29) is 53.7 Å². The summed E-state index contributed by atoms with van der Waals surface area (Å²) in [6, 6.07) is 13.3. The Balaban J connectivity index is 1.97. The van der Waals surface area contributed by atoms with Crippen LogP contribution in [0.25, 0.3) is 33.4 Å². The van der Waals surface area contributed by atoms with Gasteiger partial charge in [0.15, 0.2) is 0 Å². The molecule has 4 aromatic rings. The number of amides is 4. The number of halogens is 1. The summed E-state index contributed by atoms with van der Waals surface area (Å²) in [6.07, 6.45) is -1.53. The maximum atomic E-state index is 13.7. The van der Waals surface area contributed by atoms with E-state index in [4.69, 9.17) is 18.6 Å². The quantitative estimate of drug-likeness (QED) is 0.141. The summed E-state index contributed by atoms with van der Waals surface area (Å²) < 4.78 is 35.1. The predicted octanol–water partition coefficient (Wildman–Crippen LogP) is 6.56. The fraction of sp³-hybridized carbons (Fsp3) is 0.294. The Morgan fingerprint density at radius 1 is 0.851 bits per heavy atom. The summed E-state index contributed by atoms with van der Waals surface area (Å²) in [5, 5.41) is 11.2. The zero-order chi connectivity index (χ0) is 34.3. The van der Waals surface area contributed by atoms with Crippen LogP contribution in [-0.2, 0) is 14.2 Å². The number of hydrogen-bond acceptors (Lipinski definition) is 8. The van der Waals surface area contributed by atoms with Crippen LogP contribution in [0.15, 0.2) is 59.0 Å². The first kappa shape index (κ1) is 34.4. The molecule has 0 bridgehead atoms. The highest BCUT2D eigenvalue weighted by Crippen LogP contribution is 2.40. The number of ether oxygens (including phenoxy) is 3. The third-order valence-corrected chi connectivity index (χ3v) is 6.66. The molecule has 0 unspecified atom stereocenters. The summed E-state index contributed by atoms with van der Waals surface area (Å²) >= 11 is 0. The molecule has 0 aliphatic heterocycles. The Kier molecular flexibility index (Phi) is 10.8. The lowest BCUT2D eigenvalue weighted by Crippen LogP contribution is -2.40. The first-order valence-electron chi connectivity index (χ1n) is 14.8. The maximum Gasteiger partial charge on any atom is 0.411 e. The number of methoxy groups -OCH3 is 1. The fourth-order valence-corrected chi connectivity index (χ4v) is 4.69. The van der Waals surface area contributed by atoms with Crippen LogP contribution in [0.3, 0.4) is 0 Å². The molecule has 0 radical (unpaired) electrons. The molecule has 0 saturated carbocycles. The fourth-order valence-electron chi connectivity index (χ4n) is 4.69. The summed E-state index contributed by atoms with van der Waals surface area (Å²) in [4.78, 5) is 51.9. The standard InChI is InChI=1S/C34H37FN4O8/c1-7-45-33(43)38-26-18-27-25(28(31(41)36-5)29(47-27)19-8-10-22(35)11-9-19)17-24(26)20-14-21(30(40)39-34(2,3)4)16-23(15-20)37-32(42)46-13-12-44-6/h8-11,14-18H,7,12-13H2,1-6H3,(H,36,41)(H,37,42)(H,38,43)(H,39,40). The van der Waals surface area contributed by atoms with Crippen LogP contribution in [0, 0.1) is 5.82 Å². The van der Waals surface area contributed by atoms with E-state index in [9.17, 15) is 23.6 Å². The number of benzene rings is 3. The molecule has 1 aromatic heterocycles. The minimum absolute atomic E-state index is 0.00279. The Morgan fingerprint density at radius 3 is 2.19 bits per heavy atom. The van der Waals surface area contributed by atoms with Gasteiger partial charge >= 0.3 is 12.2 Å². The number of furan rings is 1. The van der Waals surface area contributed by atoms with Crippen molar-refractivity contribution in [3.63, 3.8) is 0 Å². The second-order valence-corrected chi connectivity index (χ2v) is 11.4. The van der Waals surface area contributed by atoms with Crippen molar-refractivity contribution in [2.75, 3.05) is 44.6 Å². The molecule has 248 valence electrons. The Labute approximate surface area is 270 Å². The SMILES string of the molecule is CCOC(=O)Nc1cc2oc(-c3ccc(F)cc3)c(C(=O)NC)c2cc1-c1cc(NC(=O)OCCOC)cc(C(=O)NC(C)(C)C)c1. The van der Waals surface area contributed by atoms with Crippen LogP contribution >= 0.6 is 0 Å². The second kappa shape index (κ2) is 14.8. The largest absolute Gasteiger partial charge is 0.455 e. The smallest absolute Gasteiger partial charge is 0.411 e. The van der Waals surface area contributed by atoms with E-state index in [1.165, 1.54) is 50.6 Å². The third kappa shape index (κ3) is 8.64. The zero-order valence-corrected chi connectivity index (χ0v) is 27.0. The number of rotatable bonds is 10. The summed E-state index contributed by atoms with van der Waals surface area (Å²) in [5.74, 6) is -1.18. The molecule has 3 aromatic carbocycles. The minimum Gasteiger partial charge on any atom is -0.455 e. The van der Waals surface area contributed by atoms with Crippen LogP contribution in [-0.4, -0.2) is 63.5 Å². The van der Waals surface area contributed by atoms with Gasteiger partial charge in [-0.3, -0.25) is 20.2 Å². The number of carbonyl (C=O) groups excluding carboxylic acids is 4. The van der Waals surface area contributed by atoms with E-state index in [2.05, 4.69) is 21.3 Å². The van der Waals surface area contributed by atoms with Gasteiger partial charge in [-0.2, -0.15) is 0 Å². The zero-order valence-electron chi connectivity index (χ0n) is 27.0. The monoisotopic (exact) mass is 648 g/mol. The lowest BCUT2D eigenvalue weighted by atomic mass is 9.96. The third-order valence-electron chi connectivity index (χ3n) is 6.66. The lowest BCUT2D eigenvalue weighted by Gasteiger charge is -2.21. The number of hydrogen-bond donors (Lipinski definition) is 4. The van der Waals surface area contributed by atoms with E-state index in [0.717, 1.165) is 0 Å². The molecule has 0 atom stereocenters. The van der Waals surface area contributed by atoms with Crippen molar-refractivity contribution < 1.29 is 42.2 Å². The Bertz CT molecular complexity index is 1790. The second-order valence-electron chi connectivity index (χ2n) is 11.4. The topological polar surface area (TPSA) is 157 Å². The molecule has 4 N–H and O–H groups in total. The normalized spacial score (nSPS) is 11.1. The molecule has 4 rings (SSSR count). The molecule has 0 saturated heterocycles. The first-order chi connectivity index (χ1) is 22.3. The summed E-state index contributed by atoms with van der Waals surface area (Å²) in [5.41, 5.74) is 1.66. The van der Waals surface area contributed by atoms with Gasteiger partial charge in [-0.25, -0.2) is 14.0 Å². The van der Waals surface area contributed by atoms with Crippen molar-refractivity contribution >= 4 is 46.3 Å². The van der Waals surface area contributed by atoms with Gasteiger partial charge < -0.3 is 29.3 Å². The van der Waals surface area contributed by atoms with Crippen LogP contribution < -0.4 is 21.3 Å². The van der Waals surface area contributed by atoms with Crippen molar-refractivity contribution in [3.8, 4) is 22.5 Å². The highest BCUT2D eigenvalue weighted by atomic mass is 19.1. The Morgan fingerprint density at radius 2 is 1.55 bits per heavy atom. The number of carbonyl (C=O) groups is 4. The molecule has 0 aliphatic rings. The minimum atomic E-state index is -0.776. The average Bonchev–Trinajstić information content (AvgIpc) is 3.38. The highest BCUT2D eigenvalue weighted by Gasteiger charge is 2.25. The molecule has 12 nitrogen and oxygen atoms in total. The van der Waals surface area contributed by atoms with Gasteiger partial charge in [-0.15, -0.1) is 0 Å². The number of fused-ring (bicyclic) bond motifs is 1. The molecular weight excluding hydrogens is 611 g/mol. The van der Waals surface area contributed by atoms with E-state index in [0.29, 0.717) is 22.1 Å². The van der Waals surface area contributed by atoms with Crippen molar-refractivity contribution in [3.05, 3.63) is 71.5 Å². The summed E-state index contributed by atoms with van der Waals surface area (Å²) in [7, 11) is 2.94. The van der Waals surface area contributed by atoms with Gasteiger partial charge in [0, 0.05) is 53.5 Å². The van der Waals surface area contributed by atoms with Crippen LogP contribution in [0.2, 0.25) is 0 Å². The number of anilines is 2. The highest BCUT2D eigenvalue weighted by molar-refractivity contribution is 6.13. The van der Waals surface area contributed by atoms with Crippen molar-refractivity contribution in [2.24, 2.45) is 0 Å². The van der Waals surface area contributed by atoms with Gasteiger partial charge in [0.1, 0.15) is 23.8 Å². The van der Waals surface area contributed by atoms with E-state index >= 15 is 0 Å². The van der Waals surface area contributed by atoms with Gasteiger partial charge in [0.05, 0.1) is 24.5 Å². The van der Waals surface area contributed by atoms with Crippen LogP contribution in [0.4, 0.5) is 25.4 Å². The molecule has 4 amide bonds. The van der Waals surface area contributed by atoms with E-state index < -0.39 is 35.4 Å². The predicted molar refractivity (Wildman–Crippen MR) is 175 cm³/mol. The first-order valence-corrected chi connectivity index (χ1v) is 14.8. The van der Waals surface area contributed by atoms with Gasteiger partial charge in [-0.05, 0) is 81.8 Å². The summed E-state index contributed by atoms with van der Waals surface area (Å²) in [6.45, 7) is 7.43. The number of nitrogens with one attached hydrogen (secondary N) is 4. The molecule has 47 heavy (non-hydrogen) atoms. The van der Waals surface area contributed by atoms with E-state index in [1.54, 1.807) is 25.1 Å². The maximum absolute atomic E-state index is 13.7. The van der Waals surface area contributed by atoms with Gasteiger partial charge in [-0.1, -0.05) is 0 Å². The molecule has 13 heteroatoms. The van der Waals surface area contributed by atoms with Crippen molar-refractivity contribution in [2.45, 2.75) is 33.2 Å². The van der Waals surface area contributed by atoms with Crippen LogP contribution in [0.1, 0.15) is 48.4 Å². The van der Waals surface area contributed by atoms with Crippen molar-refractivity contribution in [1.29, 1.82) is 0 Å². The van der Waals surface area contributed by atoms with Crippen LogP contribution in [0.5, 0.6) is 0 Å². The molecule has 0 fully saturated rings. The lowest BCUT2D eigenvalue weighted by molar-refractivity contribution is 0.0917. The van der Waals surface area contributed by atoms with Gasteiger partial charge in [0.25, 0.3) is 11.8 Å². The molecule has 0 aliphatic carbocycles. The average molecular weight is 649 g/mol. The Hall–Kier alpha value is -5.43. The molecular formula is C34H37FN4O8. The molecule has 0 spiro atoms. The van der Waals surface area contributed by atoms with E-state index in [1.807, 2.05) is 20.8 Å².